The Morgan fingerprint density at radius 1 is 1.19 bits per heavy atom. The van der Waals surface area contributed by atoms with Gasteiger partial charge in [-0.15, -0.1) is 0 Å². The van der Waals surface area contributed by atoms with Crippen LogP contribution >= 0.6 is 0 Å². The first-order valence-electron chi connectivity index (χ1n) is 6.96. The predicted molar refractivity (Wildman–Crippen MR) is 71.7 cm³/mol. The molecular formula is C14H30N2. The Morgan fingerprint density at radius 3 is 2.25 bits per heavy atom. The van der Waals surface area contributed by atoms with Gasteiger partial charge in [0.05, 0.1) is 0 Å². The molecule has 0 saturated carbocycles. The number of hydrogen-bond donors (Lipinski definition) is 1. The summed E-state index contributed by atoms with van der Waals surface area (Å²) in [5, 5.41) is 3.68. The first-order valence-corrected chi connectivity index (χ1v) is 6.96. The van der Waals surface area contributed by atoms with Gasteiger partial charge in [0.25, 0.3) is 0 Å². The molecule has 0 amide bonds. The van der Waals surface area contributed by atoms with Gasteiger partial charge in [-0.1, -0.05) is 34.6 Å². The molecule has 0 aromatic rings. The highest BCUT2D eigenvalue weighted by Gasteiger charge is 2.32. The molecule has 2 heteroatoms. The molecule has 2 nitrogen and oxygen atoms in total. The Balaban J connectivity index is 2.71. The molecule has 1 rings (SSSR count). The van der Waals surface area contributed by atoms with Crippen LogP contribution in [0.25, 0.3) is 0 Å². The minimum atomic E-state index is 0.691. The molecule has 0 aromatic carbocycles. The van der Waals surface area contributed by atoms with E-state index in [0.29, 0.717) is 18.1 Å². The van der Waals surface area contributed by atoms with Crippen LogP contribution in [-0.4, -0.2) is 36.1 Å². The van der Waals surface area contributed by atoms with Crippen LogP contribution < -0.4 is 5.32 Å². The third kappa shape index (κ3) is 3.21. The van der Waals surface area contributed by atoms with Crippen molar-refractivity contribution in [3.63, 3.8) is 0 Å². The van der Waals surface area contributed by atoms with Crippen LogP contribution in [0.3, 0.4) is 0 Å². The summed E-state index contributed by atoms with van der Waals surface area (Å²) in [4.78, 5) is 2.74. The largest absolute Gasteiger partial charge is 0.311 e. The van der Waals surface area contributed by atoms with Gasteiger partial charge < -0.3 is 5.32 Å². The first kappa shape index (κ1) is 14.0. The van der Waals surface area contributed by atoms with Crippen molar-refractivity contribution in [2.24, 2.45) is 11.8 Å². The lowest BCUT2D eigenvalue weighted by Crippen LogP contribution is -2.61. The van der Waals surface area contributed by atoms with Crippen LogP contribution in [0.15, 0.2) is 0 Å². The lowest BCUT2D eigenvalue weighted by atomic mass is 9.93. The summed E-state index contributed by atoms with van der Waals surface area (Å²) < 4.78 is 0. The number of hydrogen-bond acceptors (Lipinski definition) is 2. The summed E-state index contributed by atoms with van der Waals surface area (Å²) in [5.41, 5.74) is 0. The molecule has 1 aliphatic rings. The van der Waals surface area contributed by atoms with E-state index in [4.69, 9.17) is 0 Å². The number of nitrogens with one attached hydrogen (secondary N) is 1. The van der Waals surface area contributed by atoms with Crippen LogP contribution in [-0.2, 0) is 0 Å². The second-order valence-electron chi connectivity index (χ2n) is 6.01. The fraction of sp³-hybridized carbons (Fsp3) is 1.00. The Kier molecular flexibility index (Phi) is 5.26. The van der Waals surface area contributed by atoms with Crippen molar-refractivity contribution in [2.75, 3.05) is 13.1 Å². The molecule has 1 N–H and O–H groups in total. The lowest BCUT2D eigenvalue weighted by Gasteiger charge is -2.46. The second kappa shape index (κ2) is 6.02. The van der Waals surface area contributed by atoms with E-state index in [1.807, 2.05) is 0 Å². The molecule has 1 saturated heterocycles. The van der Waals surface area contributed by atoms with Crippen molar-refractivity contribution in [3.8, 4) is 0 Å². The standard InChI is InChI=1S/C14H30N2/c1-7-13-9-16(12(6)10(2)3)14(8-15-13)11(4)5/h10-15H,7-9H2,1-6H3. The van der Waals surface area contributed by atoms with Crippen LogP contribution in [0.5, 0.6) is 0 Å². The van der Waals surface area contributed by atoms with Gasteiger partial charge in [-0.2, -0.15) is 0 Å². The smallest absolute Gasteiger partial charge is 0.0247 e. The maximum atomic E-state index is 3.68. The van der Waals surface area contributed by atoms with Crippen molar-refractivity contribution in [2.45, 2.75) is 66.1 Å². The lowest BCUT2D eigenvalue weighted by molar-refractivity contribution is 0.0431. The van der Waals surface area contributed by atoms with Gasteiger partial charge in [0.2, 0.25) is 0 Å². The number of rotatable bonds is 4. The summed E-state index contributed by atoms with van der Waals surface area (Å²) in [7, 11) is 0. The fourth-order valence-corrected chi connectivity index (χ4v) is 2.60. The Labute approximate surface area is 102 Å². The highest BCUT2D eigenvalue weighted by atomic mass is 15.3. The zero-order valence-corrected chi connectivity index (χ0v) is 12.0. The fourth-order valence-electron chi connectivity index (χ4n) is 2.60. The second-order valence-corrected chi connectivity index (χ2v) is 6.01. The van der Waals surface area contributed by atoms with E-state index in [-0.39, 0.29) is 0 Å². The van der Waals surface area contributed by atoms with Crippen LogP contribution in [0.1, 0.15) is 48.0 Å². The topological polar surface area (TPSA) is 15.3 Å². The van der Waals surface area contributed by atoms with E-state index in [2.05, 4.69) is 51.8 Å². The highest BCUT2D eigenvalue weighted by molar-refractivity contribution is 4.90. The Hall–Kier alpha value is -0.0800. The molecule has 1 fully saturated rings. The van der Waals surface area contributed by atoms with Crippen LogP contribution in [0.2, 0.25) is 0 Å². The molecule has 1 aliphatic heterocycles. The van der Waals surface area contributed by atoms with Crippen molar-refractivity contribution < 1.29 is 0 Å². The highest BCUT2D eigenvalue weighted by Crippen LogP contribution is 2.22. The molecule has 0 spiro atoms. The van der Waals surface area contributed by atoms with Crippen molar-refractivity contribution >= 4 is 0 Å². The average Bonchev–Trinajstić information content (AvgIpc) is 2.26. The molecule has 0 radical (unpaired) electrons. The molecule has 1 heterocycles. The average molecular weight is 226 g/mol. The first-order chi connectivity index (χ1) is 7.47. The summed E-state index contributed by atoms with van der Waals surface area (Å²) in [6.45, 7) is 16.4. The molecule has 16 heavy (non-hydrogen) atoms. The van der Waals surface area contributed by atoms with Gasteiger partial charge in [0.1, 0.15) is 0 Å². The molecule has 0 aliphatic carbocycles. The van der Waals surface area contributed by atoms with Gasteiger partial charge in [0.15, 0.2) is 0 Å². The summed E-state index contributed by atoms with van der Waals surface area (Å²) >= 11 is 0. The SMILES string of the molecule is CCC1CN(C(C)C(C)C)C(C(C)C)CN1. The Morgan fingerprint density at radius 2 is 1.81 bits per heavy atom. The van der Waals surface area contributed by atoms with Crippen molar-refractivity contribution in [3.05, 3.63) is 0 Å². The molecule has 96 valence electrons. The molecule has 0 aromatic heterocycles. The third-order valence-electron chi connectivity index (χ3n) is 4.22. The van der Waals surface area contributed by atoms with Crippen molar-refractivity contribution in [1.82, 2.24) is 10.2 Å². The maximum Gasteiger partial charge on any atom is 0.0247 e. The van der Waals surface area contributed by atoms with E-state index < -0.39 is 0 Å². The van der Waals surface area contributed by atoms with Crippen LogP contribution in [0, 0.1) is 11.8 Å². The molecule has 0 bridgehead atoms. The predicted octanol–water partition coefficient (Wildman–Crippen LogP) is 2.74. The van der Waals surface area contributed by atoms with E-state index in [0.717, 1.165) is 18.4 Å². The molecule has 3 atom stereocenters. The van der Waals surface area contributed by atoms with Gasteiger partial charge in [-0.05, 0) is 25.2 Å². The summed E-state index contributed by atoms with van der Waals surface area (Å²) in [6.07, 6.45) is 1.24. The molecular weight excluding hydrogens is 196 g/mol. The number of nitrogens with zero attached hydrogens (tertiary/aromatic N) is 1. The van der Waals surface area contributed by atoms with Crippen molar-refractivity contribution in [1.29, 1.82) is 0 Å². The van der Waals surface area contributed by atoms with Gasteiger partial charge in [-0.25, -0.2) is 0 Å². The number of piperazine rings is 1. The normalized spacial score (nSPS) is 30.0. The maximum absolute atomic E-state index is 3.68. The van der Waals surface area contributed by atoms with E-state index in [1.165, 1.54) is 13.0 Å². The minimum Gasteiger partial charge on any atom is -0.311 e. The third-order valence-corrected chi connectivity index (χ3v) is 4.22. The minimum absolute atomic E-state index is 0.691. The van der Waals surface area contributed by atoms with Crippen LogP contribution in [0.4, 0.5) is 0 Å². The van der Waals surface area contributed by atoms with Gasteiger partial charge in [-0.3, -0.25) is 4.90 Å². The quantitative estimate of drug-likeness (QED) is 0.793. The Bertz CT molecular complexity index is 201. The summed E-state index contributed by atoms with van der Waals surface area (Å²) in [6, 6.07) is 2.10. The monoisotopic (exact) mass is 226 g/mol. The van der Waals surface area contributed by atoms with Gasteiger partial charge >= 0.3 is 0 Å². The summed E-state index contributed by atoms with van der Waals surface area (Å²) in [5.74, 6) is 1.49. The van der Waals surface area contributed by atoms with E-state index in [9.17, 15) is 0 Å². The van der Waals surface area contributed by atoms with E-state index >= 15 is 0 Å². The van der Waals surface area contributed by atoms with E-state index in [1.54, 1.807) is 0 Å². The zero-order chi connectivity index (χ0) is 12.3. The van der Waals surface area contributed by atoms with Gasteiger partial charge in [0, 0.05) is 31.2 Å². The zero-order valence-electron chi connectivity index (χ0n) is 12.0. The molecule has 3 unspecified atom stereocenters.